The number of carbonyl (C=O) groups excluding carboxylic acids is 1. The molecule has 2 atom stereocenters. The molecule has 7 heteroatoms. The fourth-order valence-electron chi connectivity index (χ4n) is 3.56. The Hall–Kier alpha value is -1.63. The summed E-state index contributed by atoms with van der Waals surface area (Å²) in [5, 5.41) is 3.43. The lowest BCUT2D eigenvalue weighted by atomic mass is 9.97. The van der Waals surface area contributed by atoms with E-state index in [1.54, 1.807) is 0 Å². The van der Waals surface area contributed by atoms with Crippen LogP contribution in [-0.2, 0) is 6.18 Å². The summed E-state index contributed by atoms with van der Waals surface area (Å²) < 4.78 is 52.2. The van der Waals surface area contributed by atoms with Crippen LogP contribution in [0.1, 0.15) is 41.6 Å². The second kappa shape index (κ2) is 5.78. The van der Waals surface area contributed by atoms with Crippen molar-refractivity contribution >= 4 is 5.91 Å². The number of hydrogen-bond acceptors (Lipinski definition) is 2. The smallest absolute Gasteiger partial charge is 0.339 e. The molecule has 2 heterocycles. The van der Waals surface area contributed by atoms with E-state index in [1.165, 1.54) is 11.9 Å². The van der Waals surface area contributed by atoms with Gasteiger partial charge in [-0.1, -0.05) is 0 Å². The van der Waals surface area contributed by atoms with Crippen LogP contribution >= 0.6 is 0 Å². The third-order valence-corrected chi connectivity index (χ3v) is 4.84. The van der Waals surface area contributed by atoms with Crippen LogP contribution in [0.15, 0.2) is 18.2 Å². The predicted molar refractivity (Wildman–Crippen MR) is 76.5 cm³/mol. The summed E-state index contributed by atoms with van der Waals surface area (Å²) in [6.45, 7) is 0. The minimum Gasteiger partial charge on any atom is -0.339 e. The molecule has 1 amide bonds. The van der Waals surface area contributed by atoms with Gasteiger partial charge in [0.25, 0.3) is 5.91 Å². The number of fused-ring (bicyclic) bond motifs is 2. The van der Waals surface area contributed by atoms with Gasteiger partial charge in [-0.2, -0.15) is 13.2 Å². The van der Waals surface area contributed by atoms with Gasteiger partial charge in [-0.05, 0) is 43.9 Å². The molecule has 3 rings (SSSR count). The van der Waals surface area contributed by atoms with Gasteiger partial charge in [-0.15, -0.1) is 0 Å². The molecule has 2 aliphatic rings. The zero-order chi connectivity index (χ0) is 16.8. The molecule has 1 aromatic rings. The van der Waals surface area contributed by atoms with E-state index in [0.29, 0.717) is 30.3 Å². The van der Waals surface area contributed by atoms with Crippen molar-refractivity contribution in [3.05, 3.63) is 35.1 Å². The van der Waals surface area contributed by atoms with E-state index >= 15 is 0 Å². The zero-order valence-corrected chi connectivity index (χ0v) is 12.7. The molecule has 2 aliphatic heterocycles. The van der Waals surface area contributed by atoms with Crippen molar-refractivity contribution in [1.29, 1.82) is 0 Å². The molecule has 2 unspecified atom stereocenters. The van der Waals surface area contributed by atoms with Crippen LogP contribution in [0, 0.1) is 5.82 Å². The van der Waals surface area contributed by atoms with Gasteiger partial charge in [0, 0.05) is 25.2 Å². The summed E-state index contributed by atoms with van der Waals surface area (Å²) in [7, 11) is 1.54. The third-order valence-electron chi connectivity index (χ3n) is 4.84. The lowest BCUT2D eigenvalue weighted by Crippen LogP contribution is -2.48. The van der Waals surface area contributed by atoms with Crippen molar-refractivity contribution in [1.82, 2.24) is 10.2 Å². The van der Waals surface area contributed by atoms with Crippen LogP contribution in [0.5, 0.6) is 0 Å². The Kier molecular flexibility index (Phi) is 4.08. The summed E-state index contributed by atoms with van der Waals surface area (Å²) in [5.41, 5.74) is -1.53. The van der Waals surface area contributed by atoms with Crippen LogP contribution in [0.4, 0.5) is 17.6 Å². The number of rotatable bonds is 2. The van der Waals surface area contributed by atoms with Crippen molar-refractivity contribution in [2.75, 3.05) is 7.05 Å². The first-order valence-corrected chi connectivity index (χ1v) is 7.65. The molecule has 0 spiro atoms. The highest BCUT2D eigenvalue weighted by atomic mass is 19.4. The molecule has 0 saturated carbocycles. The molecule has 23 heavy (non-hydrogen) atoms. The van der Waals surface area contributed by atoms with Crippen LogP contribution in [-0.4, -0.2) is 36.0 Å². The summed E-state index contributed by atoms with van der Waals surface area (Å²) in [6.07, 6.45) is -1.02. The van der Waals surface area contributed by atoms with Crippen molar-refractivity contribution in [2.45, 2.75) is 50.0 Å². The Labute approximate surface area is 131 Å². The van der Waals surface area contributed by atoms with Gasteiger partial charge < -0.3 is 10.2 Å². The number of halogens is 4. The van der Waals surface area contributed by atoms with Crippen molar-refractivity contribution < 1.29 is 22.4 Å². The van der Waals surface area contributed by atoms with E-state index in [9.17, 15) is 22.4 Å². The van der Waals surface area contributed by atoms with Gasteiger partial charge in [-0.3, -0.25) is 4.79 Å². The first-order chi connectivity index (χ1) is 10.8. The summed E-state index contributed by atoms with van der Waals surface area (Å²) in [4.78, 5) is 13.9. The maximum atomic E-state index is 13.9. The number of amides is 1. The fourth-order valence-corrected chi connectivity index (χ4v) is 3.56. The molecule has 0 radical (unpaired) electrons. The molecule has 2 saturated heterocycles. The average Bonchev–Trinajstić information content (AvgIpc) is 2.83. The molecule has 2 bridgehead atoms. The average molecular weight is 330 g/mol. The zero-order valence-electron chi connectivity index (χ0n) is 12.7. The normalized spacial score (nSPS) is 27.1. The standard InChI is InChI=1S/C16H18F4N2O/c1-22(12-7-10-3-4-11(8-12)21-10)15(23)13-6-9(16(18,19)20)2-5-14(13)17/h2,5-6,10-12,21H,3-4,7-8H2,1H3. The van der Waals surface area contributed by atoms with Crippen LogP contribution in [0.3, 0.4) is 0 Å². The molecular weight excluding hydrogens is 312 g/mol. The first kappa shape index (κ1) is 16.2. The first-order valence-electron chi connectivity index (χ1n) is 7.65. The van der Waals surface area contributed by atoms with E-state index in [2.05, 4.69) is 5.32 Å². The maximum absolute atomic E-state index is 13.9. The van der Waals surface area contributed by atoms with Gasteiger partial charge >= 0.3 is 6.18 Å². The van der Waals surface area contributed by atoms with Crippen molar-refractivity contribution in [2.24, 2.45) is 0 Å². The monoisotopic (exact) mass is 330 g/mol. The topological polar surface area (TPSA) is 32.3 Å². The summed E-state index contributed by atoms with van der Waals surface area (Å²) in [6, 6.07) is 2.55. The molecule has 0 aromatic heterocycles. The fraction of sp³-hybridized carbons (Fsp3) is 0.562. The van der Waals surface area contributed by atoms with E-state index in [-0.39, 0.29) is 6.04 Å². The molecule has 2 fully saturated rings. The second-order valence-electron chi connectivity index (χ2n) is 6.37. The summed E-state index contributed by atoms with van der Waals surface area (Å²) >= 11 is 0. The third kappa shape index (κ3) is 3.20. The van der Waals surface area contributed by atoms with Gasteiger partial charge in [-0.25, -0.2) is 4.39 Å². The minimum absolute atomic E-state index is 0.0739. The van der Waals surface area contributed by atoms with Crippen LogP contribution < -0.4 is 5.32 Å². The second-order valence-corrected chi connectivity index (χ2v) is 6.37. The number of carbonyl (C=O) groups is 1. The SMILES string of the molecule is CN(C(=O)c1cc(C(F)(F)F)ccc1F)C1CC2CCC(C1)N2. The molecule has 0 aliphatic carbocycles. The molecular formula is C16H18F4N2O. The number of piperidine rings is 1. The van der Waals surface area contributed by atoms with Crippen molar-refractivity contribution in [3.8, 4) is 0 Å². The lowest BCUT2D eigenvalue weighted by molar-refractivity contribution is -0.137. The highest BCUT2D eigenvalue weighted by Crippen LogP contribution is 2.32. The highest BCUT2D eigenvalue weighted by Gasteiger charge is 2.37. The number of nitrogens with zero attached hydrogens (tertiary/aromatic N) is 1. The quantitative estimate of drug-likeness (QED) is 0.845. The van der Waals surface area contributed by atoms with Crippen molar-refractivity contribution in [3.63, 3.8) is 0 Å². The Bertz CT molecular complexity index is 605. The Morgan fingerprint density at radius 1 is 1.22 bits per heavy atom. The molecule has 1 N–H and O–H groups in total. The van der Waals surface area contributed by atoms with Gasteiger partial charge in [0.2, 0.25) is 0 Å². The van der Waals surface area contributed by atoms with Crippen LogP contribution in [0.25, 0.3) is 0 Å². The van der Waals surface area contributed by atoms with Crippen LogP contribution in [0.2, 0.25) is 0 Å². The Morgan fingerprint density at radius 2 is 1.83 bits per heavy atom. The summed E-state index contributed by atoms with van der Waals surface area (Å²) in [5.74, 6) is -1.62. The molecule has 126 valence electrons. The van der Waals surface area contributed by atoms with Gasteiger partial charge in [0.15, 0.2) is 0 Å². The minimum atomic E-state index is -4.60. The molecule has 1 aromatic carbocycles. The number of benzene rings is 1. The maximum Gasteiger partial charge on any atom is 0.416 e. The van der Waals surface area contributed by atoms with E-state index in [0.717, 1.165) is 25.7 Å². The number of nitrogens with one attached hydrogen (secondary N) is 1. The van der Waals surface area contributed by atoms with Gasteiger partial charge in [0.05, 0.1) is 11.1 Å². The number of alkyl halides is 3. The lowest BCUT2D eigenvalue weighted by Gasteiger charge is -2.35. The largest absolute Gasteiger partial charge is 0.416 e. The van der Waals surface area contributed by atoms with E-state index < -0.39 is 29.0 Å². The Balaban J connectivity index is 1.82. The Morgan fingerprint density at radius 3 is 2.39 bits per heavy atom. The number of hydrogen-bond donors (Lipinski definition) is 1. The molecule has 3 nitrogen and oxygen atoms in total. The van der Waals surface area contributed by atoms with Gasteiger partial charge in [0.1, 0.15) is 5.82 Å². The van der Waals surface area contributed by atoms with E-state index in [4.69, 9.17) is 0 Å². The highest BCUT2D eigenvalue weighted by molar-refractivity contribution is 5.94. The predicted octanol–water partition coefficient (Wildman–Crippen LogP) is 3.20. The van der Waals surface area contributed by atoms with E-state index in [1.807, 2.05) is 0 Å².